The van der Waals surface area contributed by atoms with Crippen molar-refractivity contribution in [2.75, 3.05) is 29.9 Å². The molecule has 2 rings (SSSR count). The number of aromatic nitrogens is 1. The average molecular weight is 177 g/mol. The average Bonchev–Trinajstić information content (AvgIpc) is 2.19. The number of nitrogens with zero attached hydrogens (tertiary/aromatic N) is 2. The Kier molecular flexibility index (Phi) is 2.34. The van der Waals surface area contributed by atoms with E-state index in [2.05, 4.69) is 28.2 Å². The van der Waals surface area contributed by atoms with E-state index in [4.69, 9.17) is 0 Å². The van der Waals surface area contributed by atoms with Gasteiger partial charge in [0, 0.05) is 25.8 Å². The number of anilines is 2. The van der Waals surface area contributed by atoms with Gasteiger partial charge in [0.1, 0.15) is 5.82 Å². The Hall–Kier alpha value is -1.25. The Morgan fingerprint density at radius 3 is 3.38 bits per heavy atom. The second-order valence-corrected chi connectivity index (χ2v) is 3.28. The Labute approximate surface area is 78.8 Å². The van der Waals surface area contributed by atoms with Crippen LogP contribution in [0.4, 0.5) is 11.5 Å². The van der Waals surface area contributed by atoms with Crippen LogP contribution in [0.3, 0.4) is 0 Å². The van der Waals surface area contributed by atoms with Crippen molar-refractivity contribution < 1.29 is 0 Å². The highest BCUT2D eigenvalue weighted by Crippen LogP contribution is 2.25. The maximum atomic E-state index is 4.30. The molecule has 1 N–H and O–H groups in total. The number of rotatable bonds is 2. The largest absolute Gasteiger partial charge is 0.367 e. The van der Waals surface area contributed by atoms with Crippen LogP contribution in [0.15, 0.2) is 18.3 Å². The van der Waals surface area contributed by atoms with Crippen LogP contribution in [0.25, 0.3) is 0 Å². The highest BCUT2D eigenvalue weighted by molar-refractivity contribution is 5.67. The number of fused-ring (bicyclic) bond motifs is 1. The van der Waals surface area contributed by atoms with E-state index >= 15 is 0 Å². The van der Waals surface area contributed by atoms with Gasteiger partial charge in [-0.25, -0.2) is 4.98 Å². The van der Waals surface area contributed by atoms with Gasteiger partial charge in [0.2, 0.25) is 0 Å². The second-order valence-electron chi connectivity index (χ2n) is 3.28. The molecular weight excluding hydrogens is 162 g/mol. The second kappa shape index (κ2) is 3.64. The highest BCUT2D eigenvalue weighted by Gasteiger charge is 2.15. The molecule has 0 unspecified atom stereocenters. The summed E-state index contributed by atoms with van der Waals surface area (Å²) in [7, 11) is 0. The molecule has 70 valence electrons. The predicted molar refractivity (Wildman–Crippen MR) is 55.2 cm³/mol. The Morgan fingerprint density at radius 1 is 1.62 bits per heavy atom. The number of nitrogens with one attached hydrogen (secondary N) is 1. The molecule has 2 heterocycles. The Balaban J connectivity index is 2.26. The number of pyridine rings is 1. The zero-order valence-electron chi connectivity index (χ0n) is 7.95. The third kappa shape index (κ3) is 1.59. The first-order valence-electron chi connectivity index (χ1n) is 4.85. The monoisotopic (exact) mass is 177 g/mol. The van der Waals surface area contributed by atoms with Gasteiger partial charge in [-0.1, -0.05) is 6.92 Å². The van der Waals surface area contributed by atoms with Crippen molar-refractivity contribution in [2.24, 2.45) is 0 Å². The fourth-order valence-corrected chi connectivity index (χ4v) is 1.72. The zero-order chi connectivity index (χ0) is 9.10. The lowest BCUT2D eigenvalue weighted by Gasteiger charge is -2.30. The molecule has 1 aromatic rings. The van der Waals surface area contributed by atoms with Crippen LogP contribution < -0.4 is 10.2 Å². The molecule has 0 amide bonds. The van der Waals surface area contributed by atoms with Gasteiger partial charge >= 0.3 is 0 Å². The summed E-state index contributed by atoms with van der Waals surface area (Å²) in [6.07, 6.45) is 3.02. The summed E-state index contributed by atoms with van der Waals surface area (Å²) in [5.74, 6) is 1.03. The fraction of sp³-hybridized carbons (Fsp3) is 0.500. The minimum Gasteiger partial charge on any atom is -0.367 e. The lowest BCUT2D eigenvalue weighted by atomic mass is 10.2. The standard InChI is InChI=1S/C10H15N3/c1-2-7-13-8-6-12-10-9(13)4-3-5-11-10/h3-5H,2,6-8H2,1H3,(H,11,12). The van der Waals surface area contributed by atoms with E-state index in [0.29, 0.717) is 0 Å². The molecule has 0 radical (unpaired) electrons. The number of hydrogen-bond donors (Lipinski definition) is 1. The molecule has 3 nitrogen and oxygen atoms in total. The van der Waals surface area contributed by atoms with E-state index < -0.39 is 0 Å². The van der Waals surface area contributed by atoms with Gasteiger partial charge in [-0.2, -0.15) is 0 Å². The fourth-order valence-electron chi connectivity index (χ4n) is 1.72. The molecule has 0 atom stereocenters. The molecular formula is C10H15N3. The quantitative estimate of drug-likeness (QED) is 0.745. The van der Waals surface area contributed by atoms with Crippen LogP contribution in [-0.4, -0.2) is 24.6 Å². The van der Waals surface area contributed by atoms with Crippen molar-refractivity contribution >= 4 is 11.5 Å². The van der Waals surface area contributed by atoms with E-state index in [0.717, 1.165) is 25.5 Å². The van der Waals surface area contributed by atoms with Crippen molar-refractivity contribution in [3.8, 4) is 0 Å². The molecule has 0 spiro atoms. The minimum atomic E-state index is 1.00. The first kappa shape index (κ1) is 8.35. The predicted octanol–water partition coefficient (Wildman–Crippen LogP) is 1.72. The summed E-state index contributed by atoms with van der Waals surface area (Å²) in [4.78, 5) is 6.69. The van der Waals surface area contributed by atoms with E-state index in [1.54, 1.807) is 0 Å². The van der Waals surface area contributed by atoms with E-state index in [-0.39, 0.29) is 0 Å². The lowest BCUT2D eigenvalue weighted by molar-refractivity contribution is 0.755. The highest BCUT2D eigenvalue weighted by atomic mass is 15.2. The summed E-state index contributed by atoms with van der Waals surface area (Å²) in [6, 6.07) is 4.12. The summed E-state index contributed by atoms with van der Waals surface area (Å²) in [6.45, 7) is 5.43. The molecule has 1 aliphatic rings. The first-order chi connectivity index (χ1) is 6.42. The van der Waals surface area contributed by atoms with Crippen LogP contribution in [0.1, 0.15) is 13.3 Å². The third-order valence-electron chi connectivity index (χ3n) is 2.29. The van der Waals surface area contributed by atoms with E-state index in [1.807, 2.05) is 12.3 Å². The molecule has 1 aromatic heterocycles. The molecule has 13 heavy (non-hydrogen) atoms. The Bertz CT molecular complexity index is 285. The summed E-state index contributed by atoms with van der Waals surface area (Å²) in [5.41, 5.74) is 1.25. The molecule has 0 aromatic carbocycles. The van der Waals surface area contributed by atoms with Crippen molar-refractivity contribution in [3.63, 3.8) is 0 Å². The zero-order valence-corrected chi connectivity index (χ0v) is 7.95. The first-order valence-corrected chi connectivity index (χ1v) is 4.85. The van der Waals surface area contributed by atoms with Crippen molar-refractivity contribution in [1.29, 1.82) is 0 Å². The van der Waals surface area contributed by atoms with Crippen LogP contribution >= 0.6 is 0 Å². The van der Waals surface area contributed by atoms with Gasteiger partial charge in [-0.3, -0.25) is 0 Å². The molecule has 1 aliphatic heterocycles. The summed E-state index contributed by atoms with van der Waals surface area (Å²) >= 11 is 0. The van der Waals surface area contributed by atoms with E-state index in [9.17, 15) is 0 Å². The normalized spacial score (nSPS) is 15.0. The summed E-state index contributed by atoms with van der Waals surface area (Å²) in [5, 5.41) is 3.30. The molecule has 0 aliphatic carbocycles. The van der Waals surface area contributed by atoms with Gasteiger partial charge in [-0.05, 0) is 18.6 Å². The van der Waals surface area contributed by atoms with Gasteiger partial charge in [0.25, 0.3) is 0 Å². The van der Waals surface area contributed by atoms with Crippen molar-refractivity contribution in [3.05, 3.63) is 18.3 Å². The maximum absolute atomic E-state index is 4.30. The van der Waals surface area contributed by atoms with Crippen molar-refractivity contribution in [1.82, 2.24) is 4.98 Å². The van der Waals surface area contributed by atoms with Gasteiger partial charge in [0.15, 0.2) is 0 Å². The minimum absolute atomic E-state index is 1.00. The smallest absolute Gasteiger partial charge is 0.149 e. The van der Waals surface area contributed by atoms with E-state index in [1.165, 1.54) is 12.1 Å². The maximum Gasteiger partial charge on any atom is 0.149 e. The van der Waals surface area contributed by atoms with Gasteiger partial charge in [-0.15, -0.1) is 0 Å². The Morgan fingerprint density at radius 2 is 2.54 bits per heavy atom. The third-order valence-corrected chi connectivity index (χ3v) is 2.29. The molecule has 0 fully saturated rings. The van der Waals surface area contributed by atoms with Crippen LogP contribution in [0.5, 0.6) is 0 Å². The number of hydrogen-bond acceptors (Lipinski definition) is 3. The molecule has 0 bridgehead atoms. The van der Waals surface area contributed by atoms with Crippen molar-refractivity contribution in [2.45, 2.75) is 13.3 Å². The van der Waals surface area contributed by atoms with Gasteiger partial charge < -0.3 is 10.2 Å². The molecule has 0 saturated heterocycles. The van der Waals surface area contributed by atoms with Crippen LogP contribution in [-0.2, 0) is 0 Å². The molecule has 3 heteroatoms. The van der Waals surface area contributed by atoms with Crippen LogP contribution in [0.2, 0.25) is 0 Å². The topological polar surface area (TPSA) is 28.2 Å². The van der Waals surface area contributed by atoms with Crippen LogP contribution in [0, 0.1) is 0 Å². The summed E-state index contributed by atoms with van der Waals surface area (Å²) < 4.78 is 0. The lowest BCUT2D eigenvalue weighted by Crippen LogP contribution is -2.34. The molecule has 0 saturated carbocycles. The SMILES string of the molecule is CCCN1CCNc2ncccc21. The van der Waals surface area contributed by atoms with Gasteiger partial charge in [0.05, 0.1) is 5.69 Å².